The molecule has 1 N–H and O–H groups in total. The third kappa shape index (κ3) is 2.87. The largest absolute Gasteiger partial charge is 0.303 e. The lowest BCUT2D eigenvalue weighted by atomic mass is 10.1. The van der Waals surface area contributed by atoms with Crippen LogP contribution in [0.1, 0.15) is 20.8 Å². The molecule has 0 aromatic rings. The van der Waals surface area contributed by atoms with Gasteiger partial charge in [-0.25, -0.2) is 0 Å². The van der Waals surface area contributed by atoms with Crippen LogP contribution in [-0.4, -0.2) is 34.1 Å². The molecule has 0 radical (unpaired) electrons. The first-order chi connectivity index (χ1) is 5.01. The molecule has 0 aliphatic carbocycles. The average Bonchev–Trinajstić information content (AvgIpc) is 1.85. The molecule has 0 aromatic heterocycles. The minimum absolute atomic E-state index is 0.417. The first-order valence-corrected chi connectivity index (χ1v) is 5.23. The molecule has 1 aliphatic heterocycles. The first kappa shape index (κ1) is 9.74. The molecule has 0 unspecified atom stereocenters. The molecule has 11 heavy (non-hydrogen) atoms. The Morgan fingerprint density at radius 1 is 1.55 bits per heavy atom. The van der Waals surface area contributed by atoms with Crippen LogP contribution in [0.4, 0.5) is 0 Å². The Kier molecular flexibility index (Phi) is 3.17. The predicted molar refractivity (Wildman–Crippen MR) is 57.1 cm³/mol. The molecule has 66 valence electrons. The number of nitrogens with zero attached hydrogens (tertiary/aromatic N) is 1. The molecule has 0 bridgehead atoms. The summed E-state index contributed by atoms with van der Waals surface area (Å²) in [4.78, 5) is 2.47. The lowest BCUT2D eigenvalue weighted by molar-refractivity contribution is 0.157. The van der Waals surface area contributed by atoms with E-state index in [1.807, 2.05) is 0 Å². The van der Waals surface area contributed by atoms with Gasteiger partial charge in [0.25, 0.3) is 0 Å². The summed E-state index contributed by atoms with van der Waals surface area (Å²) in [5.74, 6) is 0. The van der Waals surface area contributed by atoms with E-state index in [2.05, 4.69) is 53.6 Å². The number of hydrogen-bond acceptors (Lipinski definition) is 2. The maximum Gasteiger partial charge on any atom is 0.0483 e. The van der Waals surface area contributed by atoms with Crippen molar-refractivity contribution in [1.29, 1.82) is 0 Å². The smallest absolute Gasteiger partial charge is 0.0483 e. The Morgan fingerprint density at radius 2 is 2.18 bits per heavy atom. The van der Waals surface area contributed by atoms with Crippen LogP contribution in [0.25, 0.3) is 0 Å². The van der Waals surface area contributed by atoms with Crippen LogP contribution in [0.15, 0.2) is 0 Å². The second-order valence-electron chi connectivity index (χ2n) is 3.84. The fraction of sp³-hybridized carbons (Fsp3) is 1.00. The molecule has 0 aromatic carbocycles. The van der Waals surface area contributed by atoms with Crippen LogP contribution in [-0.2, 0) is 0 Å². The predicted octanol–water partition coefficient (Wildman–Crippen LogP) is 1.45. The second-order valence-corrected chi connectivity index (χ2v) is 6.44. The molecular weight excluding hydrogens is 251 g/mol. The maximum absolute atomic E-state index is 3.42. The summed E-state index contributed by atoms with van der Waals surface area (Å²) in [5.41, 5.74) is 0. The van der Waals surface area contributed by atoms with Crippen molar-refractivity contribution >= 4 is 22.6 Å². The normalized spacial score (nSPS) is 34.6. The van der Waals surface area contributed by atoms with Crippen molar-refractivity contribution < 1.29 is 0 Å². The molecule has 1 atom stereocenters. The summed E-state index contributed by atoms with van der Waals surface area (Å²) in [6.45, 7) is 10.2. The number of rotatable bonds is 1. The molecule has 1 heterocycles. The van der Waals surface area contributed by atoms with Gasteiger partial charge < -0.3 is 5.32 Å². The van der Waals surface area contributed by atoms with E-state index in [1.165, 1.54) is 6.54 Å². The van der Waals surface area contributed by atoms with Crippen molar-refractivity contribution in [2.45, 2.75) is 30.2 Å². The number of alkyl halides is 1. The van der Waals surface area contributed by atoms with E-state index < -0.39 is 0 Å². The van der Waals surface area contributed by atoms with Crippen LogP contribution in [0.5, 0.6) is 0 Å². The van der Waals surface area contributed by atoms with Crippen molar-refractivity contribution in [3.8, 4) is 0 Å². The molecule has 1 rings (SSSR count). The highest BCUT2D eigenvalue weighted by Gasteiger charge is 2.28. The van der Waals surface area contributed by atoms with E-state index in [4.69, 9.17) is 0 Å². The summed E-state index contributed by atoms with van der Waals surface area (Å²) < 4.78 is 0.417. The lowest BCUT2D eigenvalue weighted by Crippen LogP contribution is -2.55. The Bertz CT molecular complexity index is 134. The number of halogens is 1. The highest BCUT2D eigenvalue weighted by Crippen LogP contribution is 2.22. The van der Waals surface area contributed by atoms with Gasteiger partial charge in [-0.1, -0.05) is 22.6 Å². The van der Waals surface area contributed by atoms with Crippen molar-refractivity contribution in [3.05, 3.63) is 0 Å². The van der Waals surface area contributed by atoms with Crippen molar-refractivity contribution in [2.75, 3.05) is 19.8 Å². The van der Waals surface area contributed by atoms with Gasteiger partial charge in [0.1, 0.15) is 0 Å². The molecule has 0 saturated carbocycles. The molecule has 1 fully saturated rings. The van der Waals surface area contributed by atoms with Crippen LogP contribution in [0.3, 0.4) is 0 Å². The molecule has 3 heteroatoms. The van der Waals surface area contributed by atoms with Gasteiger partial charge >= 0.3 is 0 Å². The topological polar surface area (TPSA) is 15.3 Å². The summed E-state index contributed by atoms with van der Waals surface area (Å²) in [7, 11) is 0. The van der Waals surface area contributed by atoms with E-state index in [9.17, 15) is 0 Å². The summed E-state index contributed by atoms with van der Waals surface area (Å²) in [6.07, 6.45) is 0. The number of nitrogens with one attached hydrogen (secondary N) is 1. The quantitative estimate of drug-likeness (QED) is 0.572. The zero-order valence-corrected chi connectivity index (χ0v) is 9.68. The van der Waals surface area contributed by atoms with Crippen LogP contribution in [0, 0.1) is 0 Å². The zero-order chi connectivity index (χ0) is 8.48. The summed E-state index contributed by atoms with van der Waals surface area (Å²) >= 11 is 2.54. The SMILES string of the molecule is CC(C)N1CNC[C@](C)(I)C1. The van der Waals surface area contributed by atoms with E-state index in [0.717, 1.165) is 13.2 Å². The van der Waals surface area contributed by atoms with Gasteiger partial charge in [0.2, 0.25) is 0 Å². The summed E-state index contributed by atoms with van der Waals surface area (Å²) in [5, 5.41) is 3.42. The van der Waals surface area contributed by atoms with Crippen LogP contribution in [0.2, 0.25) is 0 Å². The van der Waals surface area contributed by atoms with Crippen molar-refractivity contribution in [3.63, 3.8) is 0 Å². The van der Waals surface area contributed by atoms with E-state index in [1.54, 1.807) is 0 Å². The van der Waals surface area contributed by atoms with E-state index >= 15 is 0 Å². The standard InChI is InChI=1S/C8H17IN2/c1-7(2)11-5-8(3,9)4-10-6-11/h7,10H,4-6H2,1-3H3/t8-/m0/s1. The first-order valence-electron chi connectivity index (χ1n) is 4.15. The maximum atomic E-state index is 3.42. The highest BCUT2D eigenvalue weighted by molar-refractivity contribution is 14.1. The van der Waals surface area contributed by atoms with Gasteiger partial charge in [-0.05, 0) is 20.8 Å². The van der Waals surface area contributed by atoms with Crippen molar-refractivity contribution in [1.82, 2.24) is 10.2 Å². The number of hydrogen-bond donors (Lipinski definition) is 1. The Labute approximate surface area is 82.9 Å². The third-order valence-corrected chi connectivity index (χ3v) is 2.79. The van der Waals surface area contributed by atoms with Crippen LogP contribution >= 0.6 is 22.6 Å². The minimum Gasteiger partial charge on any atom is -0.303 e. The fourth-order valence-electron chi connectivity index (χ4n) is 1.36. The highest BCUT2D eigenvalue weighted by atomic mass is 127. The monoisotopic (exact) mass is 268 g/mol. The van der Waals surface area contributed by atoms with Gasteiger partial charge in [0.15, 0.2) is 0 Å². The molecule has 1 aliphatic rings. The fourth-order valence-corrected chi connectivity index (χ4v) is 2.07. The Balaban J connectivity index is 2.46. The van der Waals surface area contributed by atoms with E-state index in [-0.39, 0.29) is 0 Å². The van der Waals surface area contributed by atoms with Gasteiger partial charge in [-0.15, -0.1) is 0 Å². The molecular formula is C8H17IN2. The minimum atomic E-state index is 0.417. The summed E-state index contributed by atoms with van der Waals surface area (Å²) in [6, 6.07) is 0.664. The van der Waals surface area contributed by atoms with Crippen molar-refractivity contribution in [2.24, 2.45) is 0 Å². The Hall–Kier alpha value is 0.650. The van der Waals surface area contributed by atoms with Gasteiger partial charge in [-0.3, -0.25) is 4.90 Å². The Morgan fingerprint density at radius 3 is 2.55 bits per heavy atom. The molecule has 0 spiro atoms. The third-order valence-electron chi connectivity index (χ3n) is 2.07. The lowest BCUT2D eigenvalue weighted by Gasteiger charge is -2.39. The van der Waals surface area contributed by atoms with Gasteiger partial charge in [0.05, 0.1) is 0 Å². The molecule has 2 nitrogen and oxygen atoms in total. The molecule has 0 amide bonds. The second kappa shape index (κ2) is 3.58. The van der Waals surface area contributed by atoms with Gasteiger partial charge in [0, 0.05) is 29.2 Å². The average molecular weight is 268 g/mol. The zero-order valence-electron chi connectivity index (χ0n) is 7.52. The van der Waals surface area contributed by atoms with Gasteiger partial charge in [-0.2, -0.15) is 0 Å². The molecule has 1 saturated heterocycles. The van der Waals surface area contributed by atoms with Crippen LogP contribution < -0.4 is 5.32 Å². The van der Waals surface area contributed by atoms with E-state index in [0.29, 0.717) is 9.46 Å².